The Bertz CT molecular complexity index is 847. The first-order valence-electron chi connectivity index (χ1n) is 6.92. The predicted octanol–water partition coefficient (Wildman–Crippen LogP) is 4.66. The number of phenols is 1. The Morgan fingerprint density at radius 2 is 2.00 bits per heavy atom. The standard InChI is InChI=1S/C18H16N2OS/c1-3-4-15(12-5-7-13(19-2)8-6-12)18-20-16-10-9-14(21)11-17(16)22-18/h3-11,19,21H,1H2,2H3/b15-4+. The highest BCUT2D eigenvalue weighted by Gasteiger charge is 2.11. The summed E-state index contributed by atoms with van der Waals surface area (Å²) in [4.78, 5) is 4.67. The van der Waals surface area contributed by atoms with E-state index < -0.39 is 0 Å². The number of nitrogens with zero attached hydrogens (tertiary/aromatic N) is 1. The quantitative estimate of drug-likeness (QED) is 0.689. The molecule has 0 aliphatic rings. The molecule has 1 heterocycles. The number of aromatic nitrogens is 1. The van der Waals surface area contributed by atoms with Gasteiger partial charge >= 0.3 is 0 Å². The van der Waals surface area contributed by atoms with Gasteiger partial charge in [-0.15, -0.1) is 11.3 Å². The summed E-state index contributed by atoms with van der Waals surface area (Å²) in [6.45, 7) is 3.80. The molecule has 22 heavy (non-hydrogen) atoms. The normalized spacial score (nSPS) is 11.6. The number of fused-ring (bicyclic) bond motifs is 1. The summed E-state index contributed by atoms with van der Waals surface area (Å²) in [6, 6.07) is 13.4. The van der Waals surface area contributed by atoms with Crippen molar-refractivity contribution in [3.63, 3.8) is 0 Å². The van der Waals surface area contributed by atoms with Crippen molar-refractivity contribution in [2.24, 2.45) is 0 Å². The lowest BCUT2D eigenvalue weighted by molar-refractivity contribution is 0.476. The number of phenolic OH excluding ortho intramolecular Hbond substituents is 1. The molecule has 3 aromatic rings. The average molecular weight is 308 g/mol. The Morgan fingerprint density at radius 1 is 1.23 bits per heavy atom. The Morgan fingerprint density at radius 3 is 2.68 bits per heavy atom. The van der Waals surface area contributed by atoms with Crippen LogP contribution in [-0.4, -0.2) is 17.1 Å². The van der Waals surface area contributed by atoms with E-state index >= 15 is 0 Å². The SMILES string of the molecule is C=C/C=C(\c1ccc(NC)cc1)c1nc2ccc(O)cc2s1. The molecule has 3 nitrogen and oxygen atoms in total. The summed E-state index contributed by atoms with van der Waals surface area (Å²) in [5.74, 6) is 0.260. The van der Waals surface area contributed by atoms with Crippen molar-refractivity contribution in [3.8, 4) is 5.75 Å². The number of hydrogen-bond acceptors (Lipinski definition) is 4. The maximum Gasteiger partial charge on any atom is 0.125 e. The molecule has 3 rings (SSSR count). The molecule has 0 radical (unpaired) electrons. The third-order valence-corrected chi connectivity index (χ3v) is 4.42. The fourth-order valence-electron chi connectivity index (χ4n) is 2.25. The second kappa shape index (κ2) is 6.03. The number of thiazole rings is 1. The molecule has 0 unspecified atom stereocenters. The van der Waals surface area contributed by atoms with Crippen molar-refractivity contribution in [2.45, 2.75) is 0 Å². The van der Waals surface area contributed by atoms with Gasteiger partial charge < -0.3 is 10.4 Å². The summed E-state index contributed by atoms with van der Waals surface area (Å²) in [5, 5.41) is 13.6. The van der Waals surface area contributed by atoms with E-state index in [2.05, 4.69) is 29.0 Å². The molecule has 1 aromatic heterocycles. The Kier molecular flexibility index (Phi) is 3.94. The summed E-state index contributed by atoms with van der Waals surface area (Å²) in [7, 11) is 1.90. The monoisotopic (exact) mass is 308 g/mol. The van der Waals surface area contributed by atoms with Crippen LogP contribution in [-0.2, 0) is 0 Å². The molecule has 2 aromatic carbocycles. The summed E-state index contributed by atoms with van der Waals surface area (Å²) in [6.07, 6.45) is 3.73. The molecular formula is C18H16N2OS. The highest BCUT2D eigenvalue weighted by Crippen LogP contribution is 2.33. The number of aromatic hydroxyl groups is 1. The van der Waals surface area contributed by atoms with Crippen LogP contribution in [0.4, 0.5) is 5.69 Å². The topological polar surface area (TPSA) is 45.2 Å². The minimum Gasteiger partial charge on any atom is -0.508 e. The van der Waals surface area contributed by atoms with Gasteiger partial charge in [0.1, 0.15) is 10.8 Å². The lowest BCUT2D eigenvalue weighted by Crippen LogP contribution is -1.90. The van der Waals surface area contributed by atoms with Crippen molar-refractivity contribution in [1.29, 1.82) is 0 Å². The third kappa shape index (κ3) is 2.73. The van der Waals surface area contributed by atoms with Gasteiger partial charge in [-0.25, -0.2) is 4.98 Å². The third-order valence-electron chi connectivity index (χ3n) is 3.37. The van der Waals surface area contributed by atoms with E-state index in [1.54, 1.807) is 29.5 Å². The van der Waals surface area contributed by atoms with Crippen LogP contribution in [0.25, 0.3) is 15.8 Å². The first-order valence-corrected chi connectivity index (χ1v) is 7.74. The Labute approximate surface area is 133 Å². The van der Waals surface area contributed by atoms with Crippen LogP contribution in [0.1, 0.15) is 10.6 Å². The number of benzene rings is 2. The molecule has 0 fully saturated rings. The van der Waals surface area contributed by atoms with E-state index in [0.717, 1.165) is 32.0 Å². The van der Waals surface area contributed by atoms with Crippen LogP contribution in [0.5, 0.6) is 5.75 Å². The van der Waals surface area contributed by atoms with Gasteiger partial charge in [-0.2, -0.15) is 0 Å². The second-order valence-electron chi connectivity index (χ2n) is 4.81. The number of allylic oxidation sites excluding steroid dienone is 2. The van der Waals surface area contributed by atoms with E-state index in [-0.39, 0.29) is 5.75 Å². The zero-order valence-electron chi connectivity index (χ0n) is 12.2. The molecule has 0 saturated heterocycles. The fourth-order valence-corrected chi connectivity index (χ4v) is 3.30. The van der Waals surface area contributed by atoms with Crippen LogP contribution < -0.4 is 5.32 Å². The zero-order chi connectivity index (χ0) is 15.5. The molecule has 0 bridgehead atoms. The number of rotatable bonds is 4. The number of anilines is 1. The molecule has 0 aliphatic heterocycles. The zero-order valence-corrected chi connectivity index (χ0v) is 13.0. The van der Waals surface area contributed by atoms with Gasteiger partial charge in [-0.05, 0) is 35.9 Å². The van der Waals surface area contributed by atoms with E-state index in [0.29, 0.717) is 0 Å². The van der Waals surface area contributed by atoms with Crippen LogP contribution in [0.3, 0.4) is 0 Å². The number of hydrogen-bond donors (Lipinski definition) is 2. The predicted molar refractivity (Wildman–Crippen MR) is 94.5 cm³/mol. The first-order chi connectivity index (χ1) is 10.7. The van der Waals surface area contributed by atoms with Crippen molar-refractivity contribution >= 4 is 32.8 Å². The lowest BCUT2D eigenvalue weighted by atomic mass is 10.1. The summed E-state index contributed by atoms with van der Waals surface area (Å²) < 4.78 is 0.969. The van der Waals surface area contributed by atoms with Gasteiger partial charge in [-0.1, -0.05) is 30.9 Å². The van der Waals surface area contributed by atoms with E-state index in [9.17, 15) is 5.11 Å². The highest BCUT2D eigenvalue weighted by atomic mass is 32.1. The molecule has 0 atom stereocenters. The minimum atomic E-state index is 0.260. The van der Waals surface area contributed by atoms with Crippen LogP contribution in [0.2, 0.25) is 0 Å². The molecule has 110 valence electrons. The Balaban J connectivity index is 2.09. The first kappa shape index (κ1) is 14.4. The van der Waals surface area contributed by atoms with E-state index in [1.807, 2.05) is 31.3 Å². The summed E-state index contributed by atoms with van der Waals surface area (Å²) >= 11 is 1.56. The van der Waals surface area contributed by atoms with Crippen molar-refractivity contribution in [1.82, 2.24) is 4.98 Å². The van der Waals surface area contributed by atoms with Crippen LogP contribution in [0, 0.1) is 0 Å². The molecular weight excluding hydrogens is 292 g/mol. The maximum atomic E-state index is 9.60. The van der Waals surface area contributed by atoms with Gasteiger partial charge in [0.05, 0.1) is 10.2 Å². The molecule has 0 aliphatic carbocycles. The van der Waals surface area contributed by atoms with E-state index in [1.165, 1.54) is 0 Å². The number of nitrogens with one attached hydrogen (secondary N) is 1. The highest BCUT2D eigenvalue weighted by molar-refractivity contribution is 7.19. The molecule has 2 N–H and O–H groups in total. The Hall–Kier alpha value is -2.59. The minimum absolute atomic E-state index is 0.260. The van der Waals surface area contributed by atoms with Gasteiger partial charge in [0.15, 0.2) is 0 Å². The second-order valence-corrected chi connectivity index (χ2v) is 5.85. The van der Waals surface area contributed by atoms with E-state index in [4.69, 9.17) is 0 Å². The van der Waals surface area contributed by atoms with Gasteiger partial charge in [0.25, 0.3) is 0 Å². The van der Waals surface area contributed by atoms with Crippen LogP contribution >= 0.6 is 11.3 Å². The molecule has 0 spiro atoms. The van der Waals surface area contributed by atoms with Crippen molar-refractivity contribution < 1.29 is 5.11 Å². The van der Waals surface area contributed by atoms with Crippen molar-refractivity contribution in [3.05, 3.63) is 71.8 Å². The van der Waals surface area contributed by atoms with Crippen molar-refractivity contribution in [2.75, 3.05) is 12.4 Å². The smallest absolute Gasteiger partial charge is 0.125 e. The maximum absolute atomic E-state index is 9.60. The van der Waals surface area contributed by atoms with Gasteiger partial charge in [-0.3, -0.25) is 0 Å². The van der Waals surface area contributed by atoms with Gasteiger partial charge in [0.2, 0.25) is 0 Å². The molecule has 0 saturated carbocycles. The molecule has 0 amide bonds. The average Bonchev–Trinajstić information content (AvgIpc) is 2.95. The lowest BCUT2D eigenvalue weighted by Gasteiger charge is -2.05. The fraction of sp³-hybridized carbons (Fsp3) is 0.0556. The largest absolute Gasteiger partial charge is 0.508 e. The van der Waals surface area contributed by atoms with Gasteiger partial charge in [0, 0.05) is 18.3 Å². The molecule has 4 heteroatoms. The van der Waals surface area contributed by atoms with Crippen LogP contribution in [0.15, 0.2) is 61.2 Å². The summed E-state index contributed by atoms with van der Waals surface area (Å²) in [5.41, 5.74) is 4.07.